The van der Waals surface area contributed by atoms with Crippen molar-refractivity contribution in [2.75, 3.05) is 0 Å². The molecule has 45 heavy (non-hydrogen) atoms. The van der Waals surface area contributed by atoms with Crippen LogP contribution < -0.4 is 0 Å². The van der Waals surface area contributed by atoms with Crippen LogP contribution in [0.4, 0.5) is 0 Å². The van der Waals surface area contributed by atoms with E-state index in [-0.39, 0.29) is 40.6 Å². The summed E-state index contributed by atoms with van der Waals surface area (Å²) in [6, 6.07) is 0. The highest BCUT2D eigenvalue weighted by Gasteiger charge is 2.73. The summed E-state index contributed by atoms with van der Waals surface area (Å²) in [5, 5.41) is 53.2. The van der Waals surface area contributed by atoms with Crippen molar-refractivity contribution in [3.63, 3.8) is 0 Å². The van der Waals surface area contributed by atoms with Crippen LogP contribution in [-0.4, -0.2) is 74.3 Å². The SMILES string of the molecule is C[C@H]1[C@H](C)CC[C@]2(C(=O)O)CC[C@]3(C(=O)O)C(=CC[C@@H]4[C@@]5(C)CC[C@H](O[C@@H]6O[C@@H](C)[C@@H](O)[C@@H](O)[C@@H]6O)C(C)(C)C5CC[C@]43C)[C@@H]12. The van der Waals surface area contributed by atoms with Gasteiger partial charge in [0, 0.05) is 0 Å². The molecule has 0 aromatic heterocycles. The van der Waals surface area contributed by atoms with Crippen LogP contribution >= 0.6 is 0 Å². The number of hydrogen-bond donors (Lipinski definition) is 5. The highest BCUT2D eigenvalue weighted by atomic mass is 16.7. The van der Waals surface area contributed by atoms with Crippen molar-refractivity contribution in [1.29, 1.82) is 0 Å². The molecule has 5 N–H and O–H groups in total. The van der Waals surface area contributed by atoms with Crippen molar-refractivity contribution in [2.24, 2.45) is 56.7 Å². The molecule has 5 fully saturated rings. The molecular weight excluding hydrogens is 576 g/mol. The van der Waals surface area contributed by atoms with Crippen LogP contribution in [0.25, 0.3) is 0 Å². The second-order valence-corrected chi connectivity index (χ2v) is 17.2. The van der Waals surface area contributed by atoms with Gasteiger partial charge < -0.3 is 35.0 Å². The van der Waals surface area contributed by atoms with Gasteiger partial charge in [0.05, 0.1) is 23.0 Å². The largest absolute Gasteiger partial charge is 0.481 e. The maximum absolute atomic E-state index is 13.8. The van der Waals surface area contributed by atoms with Gasteiger partial charge in [0.15, 0.2) is 6.29 Å². The van der Waals surface area contributed by atoms with Gasteiger partial charge in [0.25, 0.3) is 0 Å². The predicted octanol–water partition coefficient (Wildman–Crippen LogP) is 5.01. The van der Waals surface area contributed by atoms with Crippen LogP contribution in [0.5, 0.6) is 0 Å². The summed E-state index contributed by atoms with van der Waals surface area (Å²) >= 11 is 0. The second kappa shape index (κ2) is 10.7. The van der Waals surface area contributed by atoms with Gasteiger partial charge in [-0.05, 0) is 111 Å². The Hall–Kier alpha value is -1.52. The Balaban J connectivity index is 1.35. The van der Waals surface area contributed by atoms with Crippen molar-refractivity contribution < 1.29 is 44.6 Å². The molecule has 6 rings (SSSR count). The second-order valence-electron chi connectivity index (χ2n) is 17.2. The van der Waals surface area contributed by atoms with Crippen molar-refractivity contribution in [3.8, 4) is 0 Å². The van der Waals surface area contributed by atoms with Gasteiger partial charge in [-0.15, -0.1) is 0 Å². The highest BCUT2D eigenvalue weighted by Crippen LogP contribution is 2.76. The fraction of sp³-hybridized carbons (Fsp3) is 0.889. The summed E-state index contributed by atoms with van der Waals surface area (Å²) < 4.78 is 12.3. The number of aliphatic hydroxyl groups excluding tert-OH is 3. The van der Waals surface area contributed by atoms with Crippen LogP contribution in [0.15, 0.2) is 11.6 Å². The number of ether oxygens (including phenoxy) is 2. The molecule has 0 bridgehead atoms. The summed E-state index contributed by atoms with van der Waals surface area (Å²) in [6.45, 7) is 15.0. The minimum absolute atomic E-state index is 0.0958. The maximum atomic E-state index is 13.8. The molecule has 1 unspecified atom stereocenters. The van der Waals surface area contributed by atoms with E-state index in [0.717, 1.165) is 37.7 Å². The van der Waals surface area contributed by atoms with E-state index in [1.165, 1.54) is 0 Å². The van der Waals surface area contributed by atoms with Crippen LogP contribution in [-0.2, 0) is 19.1 Å². The third-order valence-electron chi connectivity index (χ3n) is 15.3. The maximum Gasteiger partial charge on any atom is 0.314 e. The Morgan fingerprint density at radius 1 is 0.822 bits per heavy atom. The van der Waals surface area contributed by atoms with Gasteiger partial charge >= 0.3 is 11.9 Å². The minimum atomic E-state index is -1.36. The monoisotopic (exact) mass is 632 g/mol. The zero-order valence-electron chi connectivity index (χ0n) is 28.2. The van der Waals surface area contributed by atoms with Crippen LogP contribution in [0, 0.1) is 56.7 Å². The van der Waals surface area contributed by atoms with E-state index in [0.29, 0.717) is 31.6 Å². The Kier molecular flexibility index (Phi) is 7.97. The zero-order valence-corrected chi connectivity index (χ0v) is 28.2. The van der Waals surface area contributed by atoms with Gasteiger partial charge in [-0.2, -0.15) is 0 Å². The average molecular weight is 633 g/mol. The van der Waals surface area contributed by atoms with Crippen LogP contribution in [0.2, 0.25) is 0 Å². The standard InChI is InChI=1S/C36H56O9/c1-18-10-15-35(30(40)41)16-17-36(31(42)43)21(25(35)19(18)2)8-9-23-33(6)13-12-24(32(4,5)22(33)11-14-34(23,36)7)45-29-28(39)27(38)26(37)20(3)44-29/h8,18-20,22-29,37-39H,9-17H2,1-7H3,(H,40,41)(H,42,43)/t18-,19+,20+,22?,23-,24+,25-,26-,27-,28+,29+,33+,34-,35+,36-/m1/s1. The third kappa shape index (κ3) is 4.28. The summed E-state index contributed by atoms with van der Waals surface area (Å²) in [6.07, 6.45) is 2.36. The van der Waals surface area contributed by atoms with Gasteiger partial charge in [-0.25, -0.2) is 0 Å². The number of allylic oxidation sites excluding steroid dienone is 1. The van der Waals surface area contributed by atoms with E-state index in [4.69, 9.17) is 9.47 Å². The van der Waals surface area contributed by atoms with Crippen molar-refractivity contribution in [2.45, 2.75) is 143 Å². The average Bonchev–Trinajstić information content (AvgIpc) is 2.97. The molecule has 0 aromatic carbocycles. The molecule has 0 spiro atoms. The minimum Gasteiger partial charge on any atom is -0.481 e. The summed E-state index contributed by atoms with van der Waals surface area (Å²) in [5.74, 6) is -1.08. The van der Waals surface area contributed by atoms with Crippen molar-refractivity contribution in [1.82, 2.24) is 0 Å². The molecule has 9 heteroatoms. The normalized spacial score (nSPS) is 54.0. The molecule has 0 amide bonds. The summed E-state index contributed by atoms with van der Waals surface area (Å²) in [7, 11) is 0. The van der Waals surface area contributed by atoms with Crippen LogP contribution in [0.3, 0.4) is 0 Å². The Morgan fingerprint density at radius 3 is 2.16 bits per heavy atom. The number of rotatable bonds is 4. The highest BCUT2D eigenvalue weighted by molar-refractivity contribution is 5.84. The molecule has 1 heterocycles. The predicted molar refractivity (Wildman–Crippen MR) is 166 cm³/mol. The quantitative estimate of drug-likeness (QED) is 0.213. The molecule has 5 aliphatic carbocycles. The first-order valence-corrected chi connectivity index (χ1v) is 17.4. The number of carboxylic acid groups (broad SMARTS) is 2. The fourth-order valence-electron chi connectivity index (χ4n) is 12.5. The van der Waals surface area contributed by atoms with Gasteiger partial charge in [0.2, 0.25) is 0 Å². The fourth-order valence-corrected chi connectivity index (χ4v) is 12.5. The lowest BCUT2D eigenvalue weighted by molar-refractivity contribution is -0.324. The number of aliphatic hydroxyl groups is 3. The van der Waals surface area contributed by atoms with Crippen molar-refractivity contribution >= 4 is 11.9 Å². The molecule has 6 aliphatic rings. The lowest BCUT2D eigenvalue weighted by Gasteiger charge is -2.70. The number of hydrogen-bond acceptors (Lipinski definition) is 7. The number of carbonyl (C=O) groups is 2. The molecule has 1 saturated heterocycles. The van der Waals surface area contributed by atoms with E-state index < -0.39 is 58.9 Å². The topological polar surface area (TPSA) is 154 Å². The first-order valence-electron chi connectivity index (χ1n) is 17.4. The molecule has 9 nitrogen and oxygen atoms in total. The van der Waals surface area contributed by atoms with Gasteiger partial charge in [-0.3, -0.25) is 9.59 Å². The van der Waals surface area contributed by atoms with E-state index in [2.05, 4.69) is 47.6 Å². The summed E-state index contributed by atoms with van der Waals surface area (Å²) in [4.78, 5) is 26.8. The number of fused-ring (bicyclic) bond motifs is 7. The van der Waals surface area contributed by atoms with E-state index >= 15 is 0 Å². The molecular formula is C36H56O9. The van der Waals surface area contributed by atoms with Gasteiger partial charge in [-0.1, -0.05) is 53.2 Å². The van der Waals surface area contributed by atoms with Gasteiger partial charge in [0.1, 0.15) is 18.3 Å². The molecule has 15 atom stereocenters. The van der Waals surface area contributed by atoms with E-state index in [1.807, 2.05) is 0 Å². The van der Waals surface area contributed by atoms with Crippen molar-refractivity contribution in [3.05, 3.63) is 11.6 Å². The smallest absolute Gasteiger partial charge is 0.314 e. The van der Waals surface area contributed by atoms with E-state index in [1.54, 1.807) is 6.92 Å². The molecule has 0 aromatic rings. The first-order chi connectivity index (χ1) is 20.9. The summed E-state index contributed by atoms with van der Waals surface area (Å²) in [5.41, 5.74) is -2.13. The first kappa shape index (κ1) is 33.4. The number of carboxylic acids is 2. The zero-order chi connectivity index (χ0) is 33.1. The molecule has 254 valence electrons. The lowest BCUT2D eigenvalue weighted by atomic mass is 9.33. The number of aliphatic carboxylic acids is 2. The Bertz CT molecular complexity index is 1250. The van der Waals surface area contributed by atoms with Crippen LogP contribution in [0.1, 0.15) is 106 Å². The molecule has 4 saturated carbocycles. The Labute approximate surface area is 267 Å². The molecule has 0 radical (unpaired) electrons. The van der Waals surface area contributed by atoms with E-state index in [9.17, 15) is 35.1 Å². The third-order valence-corrected chi connectivity index (χ3v) is 15.3. The lowest BCUT2D eigenvalue weighted by Crippen LogP contribution is -2.68. The molecule has 1 aliphatic heterocycles. The Morgan fingerprint density at radius 2 is 1.51 bits per heavy atom.